The summed E-state index contributed by atoms with van der Waals surface area (Å²) >= 11 is 0. The number of aryl methyl sites for hydroxylation is 1. The van der Waals surface area contributed by atoms with Crippen molar-refractivity contribution in [2.75, 3.05) is 12.4 Å². The van der Waals surface area contributed by atoms with Crippen molar-refractivity contribution < 1.29 is 14.3 Å². The van der Waals surface area contributed by atoms with Gasteiger partial charge in [-0.1, -0.05) is 24.3 Å². The van der Waals surface area contributed by atoms with E-state index in [1.807, 2.05) is 56.3 Å². The number of anilines is 1. The smallest absolute Gasteiger partial charge is 0.246 e. The molecule has 0 spiro atoms. The summed E-state index contributed by atoms with van der Waals surface area (Å²) in [7, 11) is 1.60. The topological polar surface area (TPSA) is 67.4 Å². The number of ether oxygens (including phenoxy) is 1. The summed E-state index contributed by atoms with van der Waals surface area (Å²) in [5.74, 6) is 0.165. The number of nitrogens with one attached hydrogen (secondary N) is 2. The maximum absolute atomic E-state index is 12.3. The SMILES string of the molecule is COc1ccc(/C=C/C(=O)NC(C)C(=O)Nc2cccc(C)c2C)cc1. The minimum absolute atomic E-state index is 0.259. The molecule has 1 atom stereocenters. The van der Waals surface area contributed by atoms with Crippen molar-refractivity contribution in [2.24, 2.45) is 0 Å². The molecular formula is C21H24N2O3. The largest absolute Gasteiger partial charge is 0.497 e. The van der Waals surface area contributed by atoms with Crippen LogP contribution in [0, 0.1) is 13.8 Å². The molecule has 5 heteroatoms. The molecule has 26 heavy (non-hydrogen) atoms. The van der Waals surface area contributed by atoms with Gasteiger partial charge in [0.1, 0.15) is 11.8 Å². The van der Waals surface area contributed by atoms with E-state index in [0.717, 1.165) is 28.1 Å². The highest BCUT2D eigenvalue weighted by atomic mass is 16.5. The highest BCUT2D eigenvalue weighted by molar-refractivity contribution is 6.00. The standard InChI is InChI=1S/C21H24N2O3/c1-14-6-5-7-19(15(14)2)23-21(25)16(3)22-20(24)13-10-17-8-11-18(26-4)12-9-17/h5-13,16H,1-4H3,(H,22,24)(H,23,25)/b13-10+. The highest BCUT2D eigenvalue weighted by Gasteiger charge is 2.15. The number of hydrogen-bond acceptors (Lipinski definition) is 3. The highest BCUT2D eigenvalue weighted by Crippen LogP contribution is 2.18. The zero-order chi connectivity index (χ0) is 19.1. The number of hydrogen-bond donors (Lipinski definition) is 2. The first kappa shape index (κ1) is 19.2. The number of rotatable bonds is 6. The Morgan fingerprint density at radius 1 is 1.08 bits per heavy atom. The van der Waals surface area contributed by atoms with Crippen LogP contribution >= 0.6 is 0 Å². The fourth-order valence-electron chi connectivity index (χ4n) is 2.34. The van der Waals surface area contributed by atoms with Crippen LogP contribution in [0.15, 0.2) is 48.5 Å². The number of amides is 2. The van der Waals surface area contributed by atoms with Crippen molar-refractivity contribution in [3.63, 3.8) is 0 Å². The van der Waals surface area contributed by atoms with Gasteiger partial charge in [-0.15, -0.1) is 0 Å². The average Bonchev–Trinajstić information content (AvgIpc) is 2.64. The third-order valence-corrected chi connectivity index (χ3v) is 4.16. The van der Waals surface area contributed by atoms with Gasteiger partial charge in [-0.2, -0.15) is 0 Å². The van der Waals surface area contributed by atoms with Crippen LogP contribution in [0.4, 0.5) is 5.69 Å². The van der Waals surface area contributed by atoms with Crippen LogP contribution in [-0.4, -0.2) is 25.0 Å². The van der Waals surface area contributed by atoms with Crippen LogP contribution in [0.25, 0.3) is 6.08 Å². The normalized spacial score (nSPS) is 11.8. The van der Waals surface area contributed by atoms with E-state index >= 15 is 0 Å². The molecule has 2 N–H and O–H groups in total. The maximum atomic E-state index is 12.3. The van der Waals surface area contributed by atoms with Crippen LogP contribution in [0.1, 0.15) is 23.6 Å². The quantitative estimate of drug-likeness (QED) is 0.782. The first-order chi connectivity index (χ1) is 12.4. The van der Waals surface area contributed by atoms with Crippen molar-refractivity contribution in [3.8, 4) is 5.75 Å². The van der Waals surface area contributed by atoms with Crippen molar-refractivity contribution >= 4 is 23.6 Å². The van der Waals surface area contributed by atoms with Gasteiger partial charge in [-0.05, 0) is 61.7 Å². The molecule has 0 saturated heterocycles. The first-order valence-electron chi connectivity index (χ1n) is 8.40. The molecule has 5 nitrogen and oxygen atoms in total. The molecule has 2 aromatic carbocycles. The molecule has 2 amide bonds. The lowest BCUT2D eigenvalue weighted by Crippen LogP contribution is -2.41. The van der Waals surface area contributed by atoms with E-state index < -0.39 is 6.04 Å². The van der Waals surface area contributed by atoms with Crippen molar-refractivity contribution in [3.05, 3.63) is 65.2 Å². The van der Waals surface area contributed by atoms with Crippen molar-refractivity contribution in [1.29, 1.82) is 0 Å². The predicted octanol–water partition coefficient (Wildman–Crippen LogP) is 3.47. The fourth-order valence-corrected chi connectivity index (χ4v) is 2.34. The Morgan fingerprint density at radius 3 is 2.42 bits per heavy atom. The van der Waals surface area contributed by atoms with E-state index in [4.69, 9.17) is 4.74 Å². The Balaban J connectivity index is 1.91. The zero-order valence-electron chi connectivity index (χ0n) is 15.5. The second-order valence-corrected chi connectivity index (χ2v) is 6.07. The summed E-state index contributed by atoms with van der Waals surface area (Å²) in [6.45, 7) is 5.59. The molecule has 0 aliphatic rings. The van der Waals surface area contributed by atoms with E-state index in [-0.39, 0.29) is 11.8 Å². The van der Waals surface area contributed by atoms with E-state index in [0.29, 0.717) is 0 Å². The molecular weight excluding hydrogens is 328 g/mol. The summed E-state index contributed by atoms with van der Waals surface area (Å²) in [5, 5.41) is 5.52. The molecule has 0 heterocycles. The molecule has 0 aliphatic heterocycles. The summed E-state index contributed by atoms with van der Waals surface area (Å²) < 4.78 is 5.09. The van der Waals surface area contributed by atoms with Crippen LogP contribution in [-0.2, 0) is 9.59 Å². The molecule has 0 aromatic heterocycles. The molecule has 0 fully saturated rings. The Hall–Kier alpha value is -3.08. The lowest BCUT2D eigenvalue weighted by atomic mass is 10.1. The Morgan fingerprint density at radius 2 is 1.77 bits per heavy atom. The van der Waals surface area contributed by atoms with Gasteiger partial charge in [-0.25, -0.2) is 0 Å². The molecule has 1 unspecified atom stereocenters. The van der Waals surface area contributed by atoms with Crippen LogP contribution in [0.3, 0.4) is 0 Å². The fraction of sp³-hybridized carbons (Fsp3) is 0.238. The van der Waals surface area contributed by atoms with Gasteiger partial charge in [0.15, 0.2) is 0 Å². The zero-order valence-corrected chi connectivity index (χ0v) is 15.5. The third-order valence-electron chi connectivity index (χ3n) is 4.16. The maximum Gasteiger partial charge on any atom is 0.246 e. The van der Waals surface area contributed by atoms with Gasteiger partial charge in [0, 0.05) is 11.8 Å². The first-order valence-corrected chi connectivity index (χ1v) is 8.40. The van der Waals surface area contributed by atoms with Crippen LogP contribution in [0.5, 0.6) is 5.75 Å². The van der Waals surface area contributed by atoms with E-state index in [2.05, 4.69) is 10.6 Å². The average molecular weight is 352 g/mol. The number of benzene rings is 2. The molecule has 2 aromatic rings. The monoisotopic (exact) mass is 352 g/mol. The van der Waals surface area contributed by atoms with Gasteiger partial charge in [-0.3, -0.25) is 9.59 Å². The second-order valence-electron chi connectivity index (χ2n) is 6.07. The lowest BCUT2D eigenvalue weighted by Gasteiger charge is -2.15. The summed E-state index contributed by atoms with van der Waals surface area (Å²) in [5.41, 5.74) is 3.74. The number of methoxy groups -OCH3 is 1. The summed E-state index contributed by atoms with van der Waals surface area (Å²) in [6, 6.07) is 12.4. The van der Waals surface area contributed by atoms with Gasteiger partial charge in [0.25, 0.3) is 0 Å². The van der Waals surface area contributed by atoms with E-state index in [1.165, 1.54) is 6.08 Å². The summed E-state index contributed by atoms with van der Waals surface area (Å²) in [6.07, 6.45) is 3.09. The number of carbonyl (C=O) groups is 2. The lowest BCUT2D eigenvalue weighted by molar-refractivity contribution is -0.123. The van der Waals surface area contributed by atoms with Crippen LogP contribution in [0.2, 0.25) is 0 Å². The molecule has 0 saturated carbocycles. The Kier molecular flexibility index (Phi) is 6.55. The second kappa shape index (κ2) is 8.85. The molecule has 0 aliphatic carbocycles. The molecule has 0 bridgehead atoms. The predicted molar refractivity (Wildman–Crippen MR) is 104 cm³/mol. The molecule has 136 valence electrons. The van der Waals surface area contributed by atoms with E-state index in [9.17, 15) is 9.59 Å². The molecule has 0 radical (unpaired) electrons. The Bertz CT molecular complexity index is 811. The van der Waals surface area contributed by atoms with Crippen molar-refractivity contribution in [2.45, 2.75) is 26.8 Å². The van der Waals surface area contributed by atoms with Gasteiger partial charge in [0.2, 0.25) is 11.8 Å². The van der Waals surface area contributed by atoms with E-state index in [1.54, 1.807) is 20.1 Å². The minimum Gasteiger partial charge on any atom is -0.497 e. The molecule has 2 rings (SSSR count). The Labute approximate surface area is 154 Å². The van der Waals surface area contributed by atoms with Gasteiger partial charge >= 0.3 is 0 Å². The van der Waals surface area contributed by atoms with Crippen molar-refractivity contribution in [1.82, 2.24) is 5.32 Å². The van der Waals surface area contributed by atoms with Gasteiger partial charge < -0.3 is 15.4 Å². The van der Waals surface area contributed by atoms with Crippen LogP contribution < -0.4 is 15.4 Å². The minimum atomic E-state index is -0.650. The number of carbonyl (C=O) groups excluding carboxylic acids is 2. The third kappa shape index (κ3) is 5.21. The summed E-state index contributed by atoms with van der Waals surface area (Å²) in [4.78, 5) is 24.3. The van der Waals surface area contributed by atoms with Gasteiger partial charge in [0.05, 0.1) is 7.11 Å².